The van der Waals surface area contributed by atoms with Crippen LogP contribution in [0.15, 0.2) is 11.4 Å². The Bertz CT molecular complexity index is 220. The molecule has 0 amide bonds. The quantitative estimate of drug-likeness (QED) is 0.579. The summed E-state index contributed by atoms with van der Waals surface area (Å²) >= 11 is 1.93. The molecule has 0 saturated heterocycles. The van der Waals surface area contributed by atoms with E-state index in [9.17, 15) is 0 Å². The van der Waals surface area contributed by atoms with Crippen molar-refractivity contribution in [3.8, 4) is 0 Å². The van der Waals surface area contributed by atoms with E-state index >= 15 is 0 Å². The van der Waals surface area contributed by atoms with E-state index in [1.165, 1.54) is 24.8 Å². The van der Waals surface area contributed by atoms with Gasteiger partial charge in [0, 0.05) is 4.88 Å². The van der Waals surface area contributed by atoms with Crippen molar-refractivity contribution in [3.05, 3.63) is 21.9 Å². The molecule has 0 aliphatic heterocycles. The van der Waals surface area contributed by atoms with Crippen LogP contribution in [-0.4, -0.2) is 0 Å². The van der Waals surface area contributed by atoms with E-state index in [1.54, 1.807) is 4.88 Å². The molecule has 0 unspecified atom stereocenters. The Morgan fingerprint density at radius 3 is 2.70 bits per heavy atom. The van der Waals surface area contributed by atoms with E-state index in [1.807, 2.05) is 11.3 Å². The zero-order valence-corrected chi connectivity index (χ0v) is 7.08. The van der Waals surface area contributed by atoms with Crippen molar-refractivity contribution in [1.82, 2.24) is 0 Å². The lowest BCUT2D eigenvalue weighted by molar-refractivity contribution is 0.425. The number of hydrogen-bond acceptors (Lipinski definition) is 1. The van der Waals surface area contributed by atoms with Crippen LogP contribution in [0.2, 0.25) is 0 Å². The van der Waals surface area contributed by atoms with Gasteiger partial charge in [0.05, 0.1) is 0 Å². The molecule has 2 rings (SSSR count). The highest BCUT2D eigenvalue weighted by atomic mass is 32.1. The third kappa shape index (κ3) is 0.988. The number of aryl methyl sites for hydroxylation is 1. The van der Waals surface area contributed by atoms with Crippen LogP contribution in [0.5, 0.6) is 0 Å². The minimum Gasteiger partial charge on any atom is -0.148 e. The SMILES string of the molecule is Cc1csc(C2CCC2)c1. The Morgan fingerprint density at radius 2 is 2.30 bits per heavy atom. The molecule has 0 bridgehead atoms. The molecule has 1 heterocycles. The van der Waals surface area contributed by atoms with E-state index in [0.29, 0.717) is 0 Å². The molecule has 1 aliphatic carbocycles. The second-order valence-corrected chi connectivity index (χ2v) is 4.10. The highest BCUT2D eigenvalue weighted by Crippen LogP contribution is 2.39. The van der Waals surface area contributed by atoms with E-state index in [2.05, 4.69) is 18.4 Å². The summed E-state index contributed by atoms with van der Waals surface area (Å²) in [5.41, 5.74) is 1.44. The Balaban J connectivity index is 2.17. The van der Waals surface area contributed by atoms with Gasteiger partial charge in [-0.2, -0.15) is 0 Å². The van der Waals surface area contributed by atoms with Gasteiger partial charge in [-0.3, -0.25) is 0 Å². The fourth-order valence-corrected chi connectivity index (χ4v) is 2.43. The molecule has 1 aliphatic rings. The van der Waals surface area contributed by atoms with E-state index in [4.69, 9.17) is 0 Å². The smallest absolute Gasteiger partial charge is 0.00789 e. The van der Waals surface area contributed by atoms with E-state index < -0.39 is 0 Å². The van der Waals surface area contributed by atoms with Crippen LogP contribution in [-0.2, 0) is 0 Å². The lowest BCUT2D eigenvalue weighted by Gasteiger charge is -2.23. The van der Waals surface area contributed by atoms with Crippen molar-refractivity contribution in [2.45, 2.75) is 32.1 Å². The molecule has 0 aromatic carbocycles. The normalized spacial score (nSPS) is 18.9. The highest BCUT2D eigenvalue weighted by Gasteiger charge is 2.20. The van der Waals surface area contributed by atoms with Crippen LogP contribution in [0.3, 0.4) is 0 Å². The van der Waals surface area contributed by atoms with E-state index in [-0.39, 0.29) is 0 Å². The first-order valence-corrected chi connectivity index (χ1v) is 4.79. The van der Waals surface area contributed by atoms with Crippen molar-refractivity contribution < 1.29 is 0 Å². The second kappa shape index (κ2) is 2.39. The second-order valence-electron chi connectivity index (χ2n) is 3.15. The summed E-state index contributed by atoms with van der Waals surface area (Å²) in [6.07, 6.45) is 4.31. The molecule has 1 saturated carbocycles. The van der Waals surface area contributed by atoms with Gasteiger partial charge in [0.2, 0.25) is 0 Å². The molecule has 1 aromatic heterocycles. The summed E-state index contributed by atoms with van der Waals surface area (Å²) in [6, 6.07) is 2.34. The Hall–Kier alpha value is -0.300. The maximum absolute atomic E-state index is 2.34. The van der Waals surface area contributed by atoms with Gasteiger partial charge in [0.25, 0.3) is 0 Å². The van der Waals surface area contributed by atoms with Crippen LogP contribution in [0, 0.1) is 6.92 Å². The molecule has 1 fully saturated rings. The average molecular weight is 152 g/mol. The predicted octanol–water partition coefficient (Wildman–Crippen LogP) is 3.32. The maximum Gasteiger partial charge on any atom is 0.00789 e. The molecular weight excluding hydrogens is 140 g/mol. The Labute approximate surface area is 65.9 Å². The largest absolute Gasteiger partial charge is 0.148 e. The predicted molar refractivity (Wildman–Crippen MR) is 45.6 cm³/mol. The monoisotopic (exact) mass is 152 g/mol. The van der Waals surface area contributed by atoms with E-state index in [0.717, 1.165) is 5.92 Å². The third-order valence-electron chi connectivity index (χ3n) is 2.26. The topological polar surface area (TPSA) is 0 Å². The molecule has 0 nitrogen and oxygen atoms in total. The molecule has 10 heavy (non-hydrogen) atoms. The summed E-state index contributed by atoms with van der Waals surface area (Å²) in [5, 5.41) is 2.26. The average Bonchev–Trinajstić information content (AvgIpc) is 2.10. The van der Waals surface area contributed by atoms with Gasteiger partial charge in [0.15, 0.2) is 0 Å². The number of thiophene rings is 1. The zero-order valence-electron chi connectivity index (χ0n) is 6.26. The summed E-state index contributed by atoms with van der Waals surface area (Å²) in [4.78, 5) is 1.61. The third-order valence-corrected chi connectivity index (χ3v) is 3.47. The van der Waals surface area contributed by atoms with Crippen molar-refractivity contribution in [3.63, 3.8) is 0 Å². The number of hydrogen-bond donors (Lipinski definition) is 0. The summed E-state index contributed by atoms with van der Waals surface area (Å²) < 4.78 is 0. The first-order chi connectivity index (χ1) is 4.86. The van der Waals surface area contributed by atoms with Crippen molar-refractivity contribution in [2.24, 2.45) is 0 Å². The summed E-state index contributed by atoms with van der Waals surface area (Å²) in [7, 11) is 0. The Kier molecular flexibility index (Phi) is 1.53. The summed E-state index contributed by atoms with van der Waals surface area (Å²) in [5.74, 6) is 0.929. The van der Waals surface area contributed by atoms with Crippen LogP contribution < -0.4 is 0 Å². The van der Waals surface area contributed by atoms with Gasteiger partial charge in [-0.15, -0.1) is 11.3 Å². The van der Waals surface area contributed by atoms with Crippen LogP contribution >= 0.6 is 11.3 Å². The maximum atomic E-state index is 2.34. The summed E-state index contributed by atoms with van der Waals surface area (Å²) in [6.45, 7) is 2.18. The minimum absolute atomic E-state index is 0.929. The fourth-order valence-electron chi connectivity index (χ4n) is 1.36. The van der Waals surface area contributed by atoms with Gasteiger partial charge in [-0.05, 0) is 42.7 Å². The van der Waals surface area contributed by atoms with Gasteiger partial charge in [0.1, 0.15) is 0 Å². The van der Waals surface area contributed by atoms with Gasteiger partial charge >= 0.3 is 0 Å². The zero-order chi connectivity index (χ0) is 6.97. The van der Waals surface area contributed by atoms with Crippen LogP contribution in [0.1, 0.15) is 35.6 Å². The van der Waals surface area contributed by atoms with Gasteiger partial charge < -0.3 is 0 Å². The fraction of sp³-hybridized carbons (Fsp3) is 0.556. The minimum atomic E-state index is 0.929. The first kappa shape index (κ1) is 6.41. The molecule has 0 spiro atoms. The van der Waals surface area contributed by atoms with Crippen LogP contribution in [0.25, 0.3) is 0 Å². The lowest BCUT2D eigenvalue weighted by Crippen LogP contribution is -2.06. The molecule has 1 aromatic rings. The van der Waals surface area contributed by atoms with Crippen molar-refractivity contribution in [1.29, 1.82) is 0 Å². The van der Waals surface area contributed by atoms with Crippen molar-refractivity contribution in [2.75, 3.05) is 0 Å². The lowest BCUT2D eigenvalue weighted by atomic mass is 9.84. The van der Waals surface area contributed by atoms with Gasteiger partial charge in [-0.25, -0.2) is 0 Å². The Morgan fingerprint density at radius 1 is 1.50 bits per heavy atom. The highest BCUT2D eigenvalue weighted by molar-refractivity contribution is 7.10. The molecular formula is C9H12S. The molecule has 54 valence electrons. The molecule has 0 N–H and O–H groups in total. The number of rotatable bonds is 1. The van der Waals surface area contributed by atoms with Crippen LogP contribution in [0.4, 0.5) is 0 Å². The standard InChI is InChI=1S/C9H12S/c1-7-5-9(10-6-7)8-3-2-4-8/h5-6,8H,2-4H2,1H3. The molecule has 0 radical (unpaired) electrons. The molecule has 1 heteroatoms. The van der Waals surface area contributed by atoms with Gasteiger partial charge in [-0.1, -0.05) is 6.42 Å². The first-order valence-electron chi connectivity index (χ1n) is 3.91. The van der Waals surface area contributed by atoms with Crippen molar-refractivity contribution >= 4 is 11.3 Å². The molecule has 0 atom stereocenters.